The number of benzene rings is 1. The lowest BCUT2D eigenvalue weighted by molar-refractivity contribution is -0.107. The van der Waals surface area contributed by atoms with Crippen LogP contribution in [0.5, 0.6) is 0 Å². The first-order valence-electron chi connectivity index (χ1n) is 3.98. The van der Waals surface area contributed by atoms with Gasteiger partial charge in [-0.15, -0.1) is 0 Å². The van der Waals surface area contributed by atoms with Crippen molar-refractivity contribution in [1.82, 2.24) is 0 Å². The van der Waals surface area contributed by atoms with Gasteiger partial charge < -0.3 is 4.79 Å². The molecule has 0 heterocycles. The molecule has 13 heavy (non-hydrogen) atoms. The Kier molecular flexibility index (Phi) is 3.46. The van der Waals surface area contributed by atoms with E-state index >= 15 is 0 Å². The van der Waals surface area contributed by atoms with Crippen molar-refractivity contribution < 1.29 is 4.79 Å². The zero-order chi connectivity index (χ0) is 9.52. The minimum absolute atomic E-state index is 0.389. The number of allylic oxidation sites excluding steroid dienone is 1. The second-order valence-electron chi connectivity index (χ2n) is 2.50. The lowest BCUT2D eigenvalue weighted by atomic mass is 10.1. The summed E-state index contributed by atoms with van der Waals surface area (Å²) in [7, 11) is 0. The Morgan fingerprint density at radius 2 is 2.15 bits per heavy atom. The number of hydrogen-bond acceptors (Lipinski definition) is 2. The highest BCUT2D eigenvalue weighted by atomic mass is 16.1. The summed E-state index contributed by atoms with van der Waals surface area (Å²) in [6, 6.07) is 9.36. The molecule has 0 radical (unpaired) electrons. The van der Waals surface area contributed by atoms with Crippen LogP contribution in [0.15, 0.2) is 30.3 Å². The van der Waals surface area contributed by atoms with Crippen molar-refractivity contribution in [2.45, 2.75) is 6.42 Å². The number of aldehydes is 1. The molecule has 1 aromatic carbocycles. The number of rotatable bonds is 3. The first-order valence-corrected chi connectivity index (χ1v) is 3.98. The Labute approximate surface area is 77.1 Å². The van der Waals surface area contributed by atoms with E-state index in [4.69, 9.17) is 5.26 Å². The lowest BCUT2D eigenvalue weighted by Crippen LogP contribution is -1.79. The van der Waals surface area contributed by atoms with Crippen LogP contribution in [0.25, 0.3) is 6.08 Å². The first kappa shape index (κ1) is 9.21. The number of hydrogen-bond donors (Lipinski definition) is 0. The molecule has 64 valence electrons. The molecule has 0 saturated heterocycles. The van der Waals surface area contributed by atoms with E-state index in [0.717, 1.165) is 11.8 Å². The third-order valence-corrected chi connectivity index (χ3v) is 1.61. The summed E-state index contributed by atoms with van der Waals surface area (Å²) in [5.74, 6) is 0. The van der Waals surface area contributed by atoms with Crippen LogP contribution in [0.3, 0.4) is 0 Å². The van der Waals surface area contributed by atoms with Crippen molar-refractivity contribution >= 4 is 12.4 Å². The van der Waals surface area contributed by atoms with Crippen LogP contribution in [0.2, 0.25) is 0 Å². The molecule has 1 rings (SSSR count). The molecule has 0 aliphatic rings. The largest absolute Gasteiger partial charge is 0.303 e. The molecule has 0 aliphatic carbocycles. The highest BCUT2D eigenvalue weighted by Gasteiger charge is 1.94. The molecule has 2 nitrogen and oxygen atoms in total. The van der Waals surface area contributed by atoms with E-state index < -0.39 is 0 Å². The van der Waals surface area contributed by atoms with Crippen LogP contribution in [0.1, 0.15) is 17.5 Å². The maximum atomic E-state index is 10.0. The van der Waals surface area contributed by atoms with Crippen LogP contribution in [-0.4, -0.2) is 6.29 Å². The first-order chi connectivity index (χ1) is 6.38. The van der Waals surface area contributed by atoms with Gasteiger partial charge in [0.1, 0.15) is 6.29 Å². The number of nitriles is 1. The van der Waals surface area contributed by atoms with Gasteiger partial charge in [-0.1, -0.05) is 30.4 Å². The van der Waals surface area contributed by atoms with E-state index in [1.807, 2.05) is 18.2 Å². The SMILES string of the molecule is N#Cc1ccccc1C=CCC=O. The van der Waals surface area contributed by atoms with Crippen LogP contribution < -0.4 is 0 Å². The summed E-state index contributed by atoms with van der Waals surface area (Å²) in [5, 5.41) is 8.72. The van der Waals surface area contributed by atoms with Crippen molar-refractivity contribution in [2.75, 3.05) is 0 Å². The Bertz CT molecular complexity index is 361. The monoisotopic (exact) mass is 171 g/mol. The molecular weight excluding hydrogens is 162 g/mol. The zero-order valence-corrected chi connectivity index (χ0v) is 7.10. The van der Waals surface area contributed by atoms with E-state index in [1.54, 1.807) is 18.2 Å². The smallest absolute Gasteiger partial charge is 0.123 e. The predicted octanol–water partition coefficient (Wildman–Crippen LogP) is 2.16. The zero-order valence-electron chi connectivity index (χ0n) is 7.10. The molecular formula is C11H9NO. The molecule has 0 amide bonds. The number of carbonyl (C=O) groups is 1. The van der Waals surface area contributed by atoms with E-state index in [1.165, 1.54) is 0 Å². The summed E-state index contributed by atoms with van der Waals surface area (Å²) >= 11 is 0. The summed E-state index contributed by atoms with van der Waals surface area (Å²) < 4.78 is 0. The fourth-order valence-electron chi connectivity index (χ4n) is 0.995. The van der Waals surface area contributed by atoms with Gasteiger partial charge in [0, 0.05) is 6.42 Å². The van der Waals surface area contributed by atoms with Gasteiger partial charge in [-0.2, -0.15) is 5.26 Å². The maximum Gasteiger partial charge on any atom is 0.123 e. The Hall–Kier alpha value is -1.88. The molecule has 0 aliphatic heterocycles. The molecule has 0 unspecified atom stereocenters. The summed E-state index contributed by atoms with van der Waals surface area (Å²) in [6.45, 7) is 0. The van der Waals surface area contributed by atoms with E-state index in [9.17, 15) is 4.79 Å². The maximum absolute atomic E-state index is 10.0. The quantitative estimate of drug-likeness (QED) is 0.654. The Morgan fingerprint density at radius 3 is 2.85 bits per heavy atom. The van der Waals surface area contributed by atoms with Crippen molar-refractivity contribution in [3.8, 4) is 6.07 Å². The lowest BCUT2D eigenvalue weighted by Gasteiger charge is -1.94. The van der Waals surface area contributed by atoms with Gasteiger partial charge in [0.25, 0.3) is 0 Å². The fraction of sp³-hybridized carbons (Fsp3) is 0.0909. The standard InChI is InChI=1S/C11H9NO/c12-9-11-7-2-1-5-10(11)6-3-4-8-13/h1-3,5-8H,4H2. The molecule has 1 aromatic rings. The summed E-state index contributed by atoms with van der Waals surface area (Å²) in [4.78, 5) is 10.0. The molecule has 0 bridgehead atoms. The van der Waals surface area contributed by atoms with Crippen molar-refractivity contribution in [3.05, 3.63) is 41.5 Å². The minimum Gasteiger partial charge on any atom is -0.303 e. The second kappa shape index (κ2) is 4.89. The van der Waals surface area contributed by atoms with E-state index in [-0.39, 0.29) is 0 Å². The van der Waals surface area contributed by atoms with Crippen molar-refractivity contribution in [3.63, 3.8) is 0 Å². The third kappa shape index (κ3) is 2.57. The molecule has 2 heteroatoms. The normalized spacial score (nSPS) is 9.77. The third-order valence-electron chi connectivity index (χ3n) is 1.61. The average Bonchev–Trinajstić information content (AvgIpc) is 2.19. The summed E-state index contributed by atoms with van der Waals surface area (Å²) in [6.07, 6.45) is 4.74. The van der Waals surface area contributed by atoms with Crippen LogP contribution >= 0.6 is 0 Å². The number of nitrogens with zero attached hydrogens (tertiary/aromatic N) is 1. The Morgan fingerprint density at radius 1 is 1.38 bits per heavy atom. The van der Waals surface area contributed by atoms with Gasteiger partial charge in [-0.05, 0) is 11.6 Å². The van der Waals surface area contributed by atoms with Gasteiger partial charge in [-0.25, -0.2) is 0 Å². The van der Waals surface area contributed by atoms with Crippen LogP contribution in [-0.2, 0) is 4.79 Å². The van der Waals surface area contributed by atoms with Crippen LogP contribution in [0.4, 0.5) is 0 Å². The molecule has 0 N–H and O–H groups in total. The van der Waals surface area contributed by atoms with Crippen molar-refractivity contribution in [2.24, 2.45) is 0 Å². The number of carbonyl (C=O) groups excluding carboxylic acids is 1. The van der Waals surface area contributed by atoms with E-state index in [2.05, 4.69) is 6.07 Å². The van der Waals surface area contributed by atoms with Gasteiger partial charge in [-0.3, -0.25) is 0 Å². The predicted molar refractivity (Wildman–Crippen MR) is 50.9 cm³/mol. The molecule has 0 fully saturated rings. The van der Waals surface area contributed by atoms with Gasteiger partial charge in [0.15, 0.2) is 0 Å². The minimum atomic E-state index is 0.389. The summed E-state index contributed by atoms with van der Waals surface area (Å²) in [5.41, 5.74) is 1.48. The highest BCUT2D eigenvalue weighted by Crippen LogP contribution is 2.09. The second-order valence-corrected chi connectivity index (χ2v) is 2.50. The average molecular weight is 171 g/mol. The molecule has 0 aromatic heterocycles. The van der Waals surface area contributed by atoms with Crippen LogP contribution in [0, 0.1) is 11.3 Å². The van der Waals surface area contributed by atoms with Gasteiger partial charge in [0.05, 0.1) is 11.6 Å². The van der Waals surface area contributed by atoms with Crippen molar-refractivity contribution in [1.29, 1.82) is 5.26 Å². The van der Waals surface area contributed by atoms with E-state index in [0.29, 0.717) is 12.0 Å². The van der Waals surface area contributed by atoms with Gasteiger partial charge in [0.2, 0.25) is 0 Å². The molecule has 0 saturated carbocycles. The molecule has 0 atom stereocenters. The van der Waals surface area contributed by atoms with Gasteiger partial charge >= 0.3 is 0 Å². The fourth-order valence-corrected chi connectivity index (χ4v) is 0.995. The topological polar surface area (TPSA) is 40.9 Å². The highest BCUT2D eigenvalue weighted by molar-refractivity contribution is 5.61. The Balaban J connectivity index is 2.88. The molecule has 0 spiro atoms.